The average Bonchev–Trinajstić information content (AvgIpc) is 2.68. The molecular formula is C20H22IN3O4. The first-order chi connectivity index (χ1) is 13.4. The van der Waals surface area contributed by atoms with E-state index in [0.29, 0.717) is 17.1 Å². The second-order valence-corrected chi connectivity index (χ2v) is 7.15. The highest BCUT2D eigenvalue weighted by molar-refractivity contribution is 14.1. The van der Waals surface area contributed by atoms with E-state index in [2.05, 4.69) is 38.4 Å². The van der Waals surface area contributed by atoms with Crippen LogP contribution in [-0.2, 0) is 9.59 Å². The lowest BCUT2D eigenvalue weighted by Gasteiger charge is -2.08. The number of amides is 2. The van der Waals surface area contributed by atoms with Gasteiger partial charge >= 0.3 is 0 Å². The number of halogens is 1. The molecule has 0 aliphatic rings. The van der Waals surface area contributed by atoms with E-state index in [1.54, 1.807) is 32.4 Å². The second kappa shape index (κ2) is 10.6. The highest BCUT2D eigenvalue weighted by Crippen LogP contribution is 2.22. The molecule has 0 saturated carbocycles. The van der Waals surface area contributed by atoms with Crippen molar-refractivity contribution in [3.63, 3.8) is 0 Å². The van der Waals surface area contributed by atoms with Crippen LogP contribution in [0.15, 0.2) is 41.5 Å². The molecule has 0 bridgehead atoms. The molecule has 2 amide bonds. The van der Waals surface area contributed by atoms with Crippen LogP contribution in [0.5, 0.6) is 11.5 Å². The minimum Gasteiger partial charge on any atom is -0.497 e. The van der Waals surface area contributed by atoms with Crippen molar-refractivity contribution in [2.45, 2.75) is 19.8 Å². The standard InChI is InChI=1S/C20H22IN3O4/c1-13-10-15(21)4-6-17(13)23-19(25)8-9-20(26)24-22-12-14-11-16(27-2)5-7-18(14)28-3/h4-7,10-12H,8-9H2,1-3H3,(H,23,25)(H,24,26)/b22-12+. The number of hydrazone groups is 1. The van der Waals surface area contributed by atoms with E-state index in [9.17, 15) is 9.59 Å². The molecule has 2 rings (SSSR count). The minimum atomic E-state index is -0.354. The predicted octanol–water partition coefficient (Wildman–Crippen LogP) is 3.49. The predicted molar refractivity (Wildman–Crippen MR) is 117 cm³/mol. The smallest absolute Gasteiger partial charge is 0.240 e. The first-order valence-electron chi connectivity index (χ1n) is 8.53. The van der Waals surface area contributed by atoms with Gasteiger partial charge in [-0.05, 0) is 71.5 Å². The molecule has 2 aromatic rings. The van der Waals surface area contributed by atoms with Crippen LogP contribution < -0.4 is 20.2 Å². The van der Waals surface area contributed by atoms with E-state index in [-0.39, 0.29) is 24.7 Å². The van der Waals surface area contributed by atoms with E-state index in [1.165, 1.54) is 6.21 Å². The number of nitrogens with zero attached hydrogens (tertiary/aromatic N) is 1. The first-order valence-corrected chi connectivity index (χ1v) is 9.60. The van der Waals surface area contributed by atoms with E-state index >= 15 is 0 Å². The molecule has 0 aliphatic carbocycles. The zero-order chi connectivity index (χ0) is 20.5. The molecule has 7 nitrogen and oxygen atoms in total. The van der Waals surface area contributed by atoms with Crippen LogP contribution in [0, 0.1) is 10.5 Å². The van der Waals surface area contributed by atoms with Crippen LogP contribution in [0.2, 0.25) is 0 Å². The highest BCUT2D eigenvalue weighted by Gasteiger charge is 2.09. The molecule has 2 N–H and O–H groups in total. The summed E-state index contributed by atoms with van der Waals surface area (Å²) < 4.78 is 11.5. The number of carbonyl (C=O) groups is 2. The maximum atomic E-state index is 12.0. The maximum Gasteiger partial charge on any atom is 0.240 e. The Morgan fingerprint density at radius 3 is 2.50 bits per heavy atom. The van der Waals surface area contributed by atoms with Crippen molar-refractivity contribution >= 4 is 46.3 Å². The summed E-state index contributed by atoms with van der Waals surface area (Å²) in [6.45, 7) is 1.92. The summed E-state index contributed by atoms with van der Waals surface area (Å²) in [4.78, 5) is 24.0. The molecule has 0 heterocycles. The fraction of sp³-hybridized carbons (Fsp3) is 0.250. The summed E-state index contributed by atoms with van der Waals surface area (Å²) >= 11 is 2.21. The minimum absolute atomic E-state index is 0.0296. The number of hydrogen-bond acceptors (Lipinski definition) is 5. The van der Waals surface area contributed by atoms with Crippen molar-refractivity contribution in [1.29, 1.82) is 0 Å². The van der Waals surface area contributed by atoms with Crippen molar-refractivity contribution in [2.75, 3.05) is 19.5 Å². The van der Waals surface area contributed by atoms with E-state index in [4.69, 9.17) is 9.47 Å². The van der Waals surface area contributed by atoms with Crippen molar-refractivity contribution < 1.29 is 19.1 Å². The third-order valence-corrected chi connectivity index (χ3v) is 4.54. The van der Waals surface area contributed by atoms with Gasteiger partial charge in [-0.2, -0.15) is 5.10 Å². The number of benzene rings is 2. The Hall–Kier alpha value is -2.62. The first kappa shape index (κ1) is 21.7. The molecule has 2 aromatic carbocycles. The fourth-order valence-electron chi connectivity index (χ4n) is 2.38. The largest absolute Gasteiger partial charge is 0.497 e. The van der Waals surface area contributed by atoms with Crippen molar-refractivity contribution in [3.8, 4) is 11.5 Å². The molecule has 0 spiro atoms. The van der Waals surface area contributed by atoms with Gasteiger partial charge in [-0.15, -0.1) is 0 Å². The van der Waals surface area contributed by atoms with E-state index in [0.717, 1.165) is 14.8 Å². The summed E-state index contributed by atoms with van der Waals surface area (Å²) in [6, 6.07) is 11.0. The molecule has 0 aliphatic heterocycles. The van der Waals surface area contributed by atoms with Gasteiger partial charge in [0, 0.05) is 27.7 Å². The second-order valence-electron chi connectivity index (χ2n) is 5.91. The van der Waals surface area contributed by atoms with Crippen LogP contribution in [0.1, 0.15) is 24.0 Å². The molecule has 0 atom stereocenters. The Balaban J connectivity index is 1.84. The van der Waals surface area contributed by atoms with Gasteiger partial charge in [0.15, 0.2) is 0 Å². The number of anilines is 1. The topological polar surface area (TPSA) is 89.0 Å². The zero-order valence-corrected chi connectivity index (χ0v) is 18.1. The molecule has 148 valence electrons. The van der Waals surface area contributed by atoms with Gasteiger partial charge in [0.2, 0.25) is 11.8 Å². The molecule has 0 aromatic heterocycles. The summed E-state index contributed by atoms with van der Waals surface area (Å²) in [5, 5.41) is 6.73. The Morgan fingerprint density at radius 1 is 1.07 bits per heavy atom. The Labute approximate surface area is 177 Å². The SMILES string of the molecule is COc1ccc(OC)c(/C=N/NC(=O)CCC(=O)Nc2ccc(I)cc2C)c1. The summed E-state index contributed by atoms with van der Waals surface area (Å²) in [6.07, 6.45) is 1.56. The number of carbonyl (C=O) groups excluding carboxylic acids is 2. The van der Waals surface area contributed by atoms with Crippen LogP contribution >= 0.6 is 22.6 Å². The number of ether oxygens (including phenoxy) is 2. The average molecular weight is 495 g/mol. The summed E-state index contributed by atoms with van der Waals surface area (Å²) in [5.41, 5.74) is 4.79. The van der Waals surface area contributed by atoms with Gasteiger partial charge in [-0.3, -0.25) is 9.59 Å². The molecule has 28 heavy (non-hydrogen) atoms. The number of rotatable bonds is 8. The number of nitrogens with one attached hydrogen (secondary N) is 2. The number of hydrogen-bond donors (Lipinski definition) is 2. The Morgan fingerprint density at radius 2 is 1.82 bits per heavy atom. The van der Waals surface area contributed by atoms with Crippen LogP contribution in [0.4, 0.5) is 5.69 Å². The third kappa shape index (κ3) is 6.52. The van der Waals surface area contributed by atoms with E-state index in [1.807, 2.05) is 25.1 Å². The molecule has 0 saturated heterocycles. The van der Waals surface area contributed by atoms with Crippen LogP contribution in [0.3, 0.4) is 0 Å². The van der Waals surface area contributed by atoms with Gasteiger partial charge < -0.3 is 14.8 Å². The lowest BCUT2D eigenvalue weighted by molar-refractivity contribution is -0.124. The van der Waals surface area contributed by atoms with Crippen molar-refractivity contribution in [1.82, 2.24) is 5.43 Å². The molecule has 0 fully saturated rings. The van der Waals surface area contributed by atoms with Gasteiger partial charge in [0.25, 0.3) is 0 Å². The monoisotopic (exact) mass is 495 g/mol. The quantitative estimate of drug-likeness (QED) is 0.334. The fourth-order valence-corrected chi connectivity index (χ4v) is 3.02. The summed E-state index contributed by atoms with van der Waals surface area (Å²) in [5.74, 6) is 0.674. The van der Waals surface area contributed by atoms with Crippen molar-refractivity contribution in [2.24, 2.45) is 5.10 Å². The normalized spacial score (nSPS) is 10.6. The third-order valence-electron chi connectivity index (χ3n) is 3.87. The van der Waals surface area contributed by atoms with Gasteiger partial charge in [0.1, 0.15) is 11.5 Å². The molecule has 8 heteroatoms. The van der Waals surface area contributed by atoms with Gasteiger partial charge in [-0.25, -0.2) is 5.43 Å². The van der Waals surface area contributed by atoms with Crippen molar-refractivity contribution in [3.05, 3.63) is 51.1 Å². The zero-order valence-electron chi connectivity index (χ0n) is 15.9. The lowest BCUT2D eigenvalue weighted by atomic mass is 10.2. The summed E-state index contributed by atoms with van der Waals surface area (Å²) in [7, 11) is 3.11. The van der Waals surface area contributed by atoms with Gasteiger partial charge in [-0.1, -0.05) is 0 Å². The van der Waals surface area contributed by atoms with Crippen LogP contribution in [0.25, 0.3) is 0 Å². The number of aryl methyl sites for hydroxylation is 1. The Bertz CT molecular complexity index is 884. The van der Waals surface area contributed by atoms with E-state index < -0.39 is 0 Å². The Kier molecular flexibility index (Phi) is 8.24. The van der Waals surface area contributed by atoms with Crippen LogP contribution in [-0.4, -0.2) is 32.2 Å². The lowest BCUT2D eigenvalue weighted by Crippen LogP contribution is -2.21. The maximum absolute atomic E-state index is 12.0. The highest BCUT2D eigenvalue weighted by atomic mass is 127. The molecule has 0 radical (unpaired) electrons. The molecular weight excluding hydrogens is 473 g/mol. The number of methoxy groups -OCH3 is 2. The molecule has 0 unspecified atom stereocenters. The van der Waals surface area contributed by atoms with Gasteiger partial charge in [0.05, 0.1) is 20.4 Å².